The second-order valence-corrected chi connectivity index (χ2v) is 7.40. The molecule has 0 aliphatic carbocycles. The molecule has 0 radical (unpaired) electrons. The van der Waals surface area contributed by atoms with E-state index in [0.717, 1.165) is 37.2 Å². The normalized spacial score (nSPS) is 14.0. The van der Waals surface area contributed by atoms with Crippen LogP contribution < -0.4 is 5.32 Å². The molecule has 1 amide bonds. The molecule has 8 nitrogen and oxygen atoms in total. The van der Waals surface area contributed by atoms with Crippen LogP contribution in [0.2, 0.25) is 0 Å². The van der Waals surface area contributed by atoms with Crippen molar-refractivity contribution in [3.8, 4) is 22.6 Å². The lowest BCUT2D eigenvalue weighted by Crippen LogP contribution is -2.27. The largest absolute Gasteiger partial charge is 0.432 e. The van der Waals surface area contributed by atoms with E-state index in [9.17, 15) is 9.18 Å². The minimum absolute atomic E-state index is 0.233. The maximum Gasteiger partial charge on any atom is 0.306 e. The number of rotatable bonds is 7. The molecule has 1 aliphatic heterocycles. The summed E-state index contributed by atoms with van der Waals surface area (Å²) in [5.74, 6) is 0.847. The molecule has 1 aliphatic rings. The van der Waals surface area contributed by atoms with E-state index in [1.54, 1.807) is 36.9 Å². The van der Waals surface area contributed by atoms with Gasteiger partial charge in [-0.15, -0.1) is 0 Å². The van der Waals surface area contributed by atoms with E-state index < -0.39 is 0 Å². The van der Waals surface area contributed by atoms with Crippen LogP contribution in [0.4, 0.5) is 10.3 Å². The highest BCUT2D eigenvalue weighted by molar-refractivity contribution is 5.79. The van der Waals surface area contributed by atoms with Crippen LogP contribution in [0.15, 0.2) is 53.4 Å². The average Bonchev–Trinajstić information content (AvgIpc) is 3.48. The number of halogens is 1. The molecule has 0 atom stereocenters. The van der Waals surface area contributed by atoms with Crippen molar-refractivity contribution in [2.75, 3.05) is 25.0 Å². The minimum Gasteiger partial charge on any atom is -0.432 e. The van der Waals surface area contributed by atoms with Crippen molar-refractivity contribution in [2.45, 2.75) is 19.3 Å². The van der Waals surface area contributed by atoms with Crippen molar-refractivity contribution < 1.29 is 13.6 Å². The zero-order valence-corrected chi connectivity index (χ0v) is 16.8. The standard InChI is InChI=1S/C22H21FN6O2/c23-16-6-4-15(5-7-16)19-20(29-13-14-31-22(29)27-19)17-8-10-25-21(26-17)24-9-2-12-28-11-1-3-18(28)30/h4-8,10,13-14H,1-3,9,11-12H2,(H,24,25,26). The molecule has 4 heterocycles. The van der Waals surface area contributed by atoms with Gasteiger partial charge in [-0.3, -0.25) is 9.20 Å². The number of aromatic nitrogens is 4. The lowest BCUT2D eigenvalue weighted by Gasteiger charge is -2.15. The molecule has 1 fully saturated rings. The van der Waals surface area contributed by atoms with Crippen molar-refractivity contribution in [3.63, 3.8) is 0 Å². The first-order valence-electron chi connectivity index (χ1n) is 10.3. The van der Waals surface area contributed by atoms with Gasteiger partial charge in [0.05, 0.1) is 5.69 Å². The van der Waals surface area contributed by atoms with Gasteiger partial charge in [-0.2, -0.15) is 4.98 Å². The van der Waals surface area contributed by atoms with Crippen LogP contribution in [-0.2, 0) is 4.79 Å². The second-order valence-electron chi connectivity index (χ2n) is 7.40. The fraction of sp³-hybridized carbons (Fsp3) is 0.273. The number of fused-ring (bicyclic) bond motifs is 1. The van der Waals surface area contributed by atoms with E-state index in [4.69, 9.17) is 4.42 Å². The van der Waals surface area contributed by atoms with Crippen LogP contribution in [0.25, 0.3) is 28.5 Å². The van der Waals surface area contributed by atoms with Gasteiger partial charge in [-0.1, -0.05) is 0 Å². The predicted molar refractivity (Wildman–Crippen MR) is 113 cm³/mol. The van der Waals surface area contributed by atoms with Crippen LogP contribution in [0.1, 0.15) is 19.3 Å². The van der Waals surface area contributed by atoms with Crippen LogP contribution in [0, 0.1) is 5.82 Å². The molecular weight excluding hydrogens is 399 g/mol. The van der Waals surface area contributed by atoms with Crippen LogP contribution in [0.3, 0.4) is 0 Å². The lowest BCUT2D eigenvalue weighted by atomic mass is 10.1. The van der Waals surface area contributed by atoms with E-state index in [1.807, 2.05) is 9.30 Å². The first kappa shape index (κ1) is 19.2. The van der Waals surface area contributed by atoms with Crippen molar-refractivity contribution in [3.05, 3.63) is 54.8 Å². The quantitative estimate of drug-likeness (QED) is 0.460. The number of benzene rings is 1. The number of likely N-dealkylation sites (tertiary alicyclic amines) is 1. The van der Waals surface area contributed by atoms with Gasteiger partial charge in [-0.05, 0) is 43.2 Å². The summed E-state index contributed by atoms with van der Waals surface area (Å²) < 4.78 is 20.7. The summed E-state index contributed by atoms with van der Waals surface area (Å²) in [6.07, 6.45) is 7.43. The van der Waals surface area contributed by atoms with Crippen molar-refractivity contribution in [1.29, 1.82) is 0 Å². The minimum atomic E-state index is -0.308. The summed E-state index contributed by atoms with van der Waals surface area (Å²) in [4.78, 5) is 27.1. The number of nitrogens with one attached hydrogen (secondary N) is 1. The third-order valence-corrected chi connectivity index (χ3v) is 5.34. The number of hydrogen-bond donors (Lipinski definition) is 1. The predicted octanol–water partition coefficient (Wildman–Crippen LogP) is 3.61. The smallest absolute Gasteiger partial charge is 0.306 e. The highest BCUT2D eigenvalue weighted by Crippen LogP contribution is 2.32. The summed E-state index contributed by atoms with van der Waals surface area (Å²) in [5.41, 5.74) is 2.82. The molecule has 9 heteroatoms. The highest BCUT2D eigenvalue weighted by atomic mass is 19.1. The zero-order chi connectivity index (χ0) is 21.2. The third kappa shape index (κ3) is 3.86. The Kier molecular flexibility index (Phi) is 5.07. The molecule has 4 aromatic rings. The molecule has 1 saturated heterocycles. The molecule has 31 heavy (non-hydrogen) atoms. The van der Waals surface area contributed by atoms with Gasteiger partial charge in [0.1, 0.15) is 23.5 Å². The van der Waals surface area contributed by atoms with Crippen LogP contribution >= 0.6 is 0 Å². The Bertz CT molecular complexity index is 1220. The van der Waals surface area contributed by atoms with Crippen molar-refractivity contribution in [1.82, 2.24) is 24.3 Å². The molecular formula is C22H21FN6O2. The lowest BCUT2D eigenvalue weighted by molar-refractivity contribution is -0.127. The number of amides is 1. The summed E-state index contributed by atoms with van der Waals surface area (Å²) in [6, 6.07) is 7.97. The summed E-state index contributed by atoms with van der Waals surface area (Å²) in [5, 5.41) is 3.23. The van der Waals surface area contributed by atoms with E-state index >= 15 is 0 Å². The Balaban J connectivity index is 1.38. The maximum atomic E-state index is 13.4. The summed E-state index contributed by atoms with van der Waals surface area (Å²) in [6.45, 7) is 2.24. The highest BCUT2D eigenvalue weighted by Gasteiger charge is 2.20. The molecule has 1 N–H and O–H groups in total. The molecule has 0 saturated carbocycles. The Morgan fingerprint density at radius 1 is 1.16 bits per heavy atom. The van der Waals surface area contributed by atoms with E-state index in [-0.39, 0.29) is 11.7 Å². The monoisotopic (exact) mass is 420 g/mol. The van der Waals surface area contributed by atoms with Gasteiger partial charge in [0, 0.05) is 44.0 Å². The molecule has 3 aromatic heterocycles. The number of imidazole rings is 1. The molecule has 0 unspecified atom stereocenters. The summed E-state index contributed by atoms with van der Waals surface area (Å²) >= 11 is 0. The summed E-state index contributed by atoms with van der Waals surface area (Å²) in [7, 11) is 0. The first-order chi connectivity index (χ1) is 15.2. The maximum absolute atomic E-state index is 13.4. The van der Waals surface area contributed by atoms with E-state index in [0.29, 0.717) is 36.1 Å². The third-order valence-electron chi connectivity index (χ3n) is 5.34. The molecule has 158 valence electrons. The number of carbonyl (C=O) groups excluding carboxylic acids is 1. The average molecular weight is 420 g/mol. The zero-order valence-electron chi connectivity index (χ0n) is 16.8. The molecule has 1 aromatic carbocycles. The van der Waals surface area contributed by atoms with Gasteiger partial charge < -0.3 is 14.6 Å². The van der Waals surface area contributed by atoms with Gasteiger partial charge in [0.2, 0.25) is 11.9 Å². The number of carbonyl (C=O) groups is 1. The Morgan fingerprint density at radius 2 is 2.03 bits per heavy atom. The van der Waals surface area contributed by atoms with Gasteiger partial charge in [-0.25, -0.2) is 14.4 Å². The number of oxazole rings is 1. The Labute approximate surface area is 177 Å². The first-order valence-corrected chi connectivity index (χ1v) is 10.3. The van der Waals surface area contributed by atoms with Gasteiger partial charge in [0.15, 0.2) is 0 Å². The van der Waals surface area contributed by atoms with Crippen LogP contribution in [-0.4, -0.2) is 49.8 Å². The number of nitrogens with zero attached hydrogens (tertiary/aromatic N) is 5. The fourth-order valence-corrected chi connectivity index (χ4v) is 3.83. The van der Waals surface area contributed by atoms with Crippen molar-refractivity contribution in [2.24, 2.45) is 0 Å². The van der Waals surface area contributed by atoms with E-state index in [1.165, 1.54) is 12.1 Å². The Hall–Kier alpha value is -3.75. The molecule has 5 rings (SSSR count). The van der Waals surface area contributed by atoms with Crippen molar-refractivity contribution >= 4 is 17.7 Å². The number of hydrogen-bond acceptors (Lipinski definition) is 6. The number of anilines is 1. The topological polar surface area (TPSA) is 88.6 Å². The SMILES string of the molecule is O=C1CCCN1CCCNc1nccc(-c2c(-c3ccc(F)cc3)nc3occn23)n1. The van der Waals surface area contributed by atoms with Crippen LogP contribution in [0.5, 0.6) is 0 Å². The second kappa shape index (κ2) is 8.17. The molecule has 0 bridgehead atoms. The van der Waals surface area contributed by atoms with E-state index in [2.05, 4.69) is 20.3 Å². The Morgan fingerprint density at radius 3 is 2.84 bits per heavy atom. The van der Waals surface area contributed by atoms with Gasteiger partial charge >= 0.3 is 5.84 Å². The molecule has 0 spiro atoms. The fourth-order valence-electron chi connectivity index (χ4n) is 3.83. The van der Waals surface area contributed by atoms with Gasteiger partial charge in [0.25, 0.3) is 0 Å².